The normalized spacial score (nSPS) is 23.4. The lowest BCUT2D eigenvalue weighted by atomic mass is 10.0. The van der Waals surface area contributed by atoms with Gasteiger partial charge in [0.15, 0.2) is 5.78 Å². The monoisotopic (exact) mass is 304 g/mol. The van der Waals surface area contributed by atoms with Crippen LogP contribution in [0.25, 0.3) is 0 Å². The molecule has 3 atom stereocenters. The van der Waals surface area contributed by atoms with E-state index in [9.17, 15) is 4.79 Å². The van der Waals surface area contributed by atoms with Crippen LogP contribution < -0.4 is 4.90 Å². The van der Waals surface area contributed by atoms with E-state index < -0.39 is 0 Å². The van der Waals surface area contributed by atoms with Crippen molar-refractivity contribution in [1.82, 2.24) is 0 Å². The fraction of sp³-hybridized carbons (Fsp3) is 0.286. The Balaban J connectivity index is 1.73. The van der Waals surface area contributed by atoms with Crippen LogP contribution in [0.3, 0.4) is 0 Å². The van der Waals surface area contributed by atoms with E-state index in [-0.39, 0.29) is 6.04 Å². The van der Waals surface area contributed by atoms with Crippen LogP contribution in [0.5, 0.6) is 0 Å². The molecule has 2 nitrogen and oxygen atoms in total. The van der Waals surface area contributed by atoms with Crippen LogP contribution in [0.2, 0.25) is 0 Å². The lowest BCUT2D eigenvalue weighted by Crippen LogP contribution is -3.12. The van der Waals surface area contributed by atoms with Gasteiger partial charge in [0.05, 0.1) is 13.0 Å². The van der Waals surface area contributed by atoms with Gasteiger partial charge in [-0.1, -0.05) is 55.1 Å². The third-order valence-corrected chi connectivity index (χ3v) is 5.43. The molecule has 116 valence electrons. The number of fused-ring (bicyclic) bond motifs is 2. The zero-order valence-corrected chi connectivity index (χ0v) is 13.3. The molecule has 0 amide bonds. The van der Waals surface area contributed by atoms with Crippen molar-refractivity contribution in [1.29, 1.82) is 0 Å². The molecule has 0 spiro atoms. The fourth-order valence-electron chi connectivity index (χ4n) is 4.43. The number of hydrogen-bond donors (Lipinski definition) is 1. The third-order valence-electron chi connectivity index (χ3n) is 5.43. The number of aryl methyl sites for hydroxylation is 1. The summed E-state index contributed by atoms with van der Waals surface area (Å²) in [4.78, 5) is 13.9. The second kappa shape index (κ2) is 5.78. The van der Waals surface area contributed by atoms with E-state index >= 15 is 0 Å². The number of rotatable bonds is 4. The van der Waals surface area contributed by atoms with E-state index in [4.69, 9.17) is 0 Å². The van der Waals surface area contributed by atoms with Crippen molar-refractivity contribution in [3.05, 3.63) is 83.4 Å². The van der Waals surface area contributed by atoms with E-state index in [2.05, 4.69) is 43.0 Å². The maximum absolute atomic E-state index is 12.4. The lowest BCUT2D eigenvalue weighted by Gasteiger charge is -2.31. The summed E-state index contributed by atoms with van der Waals surface area (Å²) in [7, 11) is 0. The van der Waals surface area contributed by atoms with Gasteiger partial charge in [-0.05, 0) is 18.1 Å². The molecule has 0 heterocycles. The van der Waals surface area contributed by atoms with Crippen molar-refractivity contribution in [3.63, 3.8) is 0 Å². The summed E-state index contributed by atoms with van der Waals surface area (Å²) in [6, 6.07) is 17.6. The molecule has 3 unspecified atom stereocenters. The average Bonchev–Trinajstić information content (AvgIpc) is 3.15. The second-order valence-corrected chi connectivity index (χ2v) is 6.62. The van der Waals surface area contributed by atoms with Crippen molar-refractivity contribution in [2.75, 3.05) is 6.54 Å². The Kier molecular flexibility index (Phi) is 3.62. The maximum atomic E-state index is 12.4. The smallest absolute Gasteiger partial charge is 0.169 e. The van der Waals surface area contributed by atoms with E-state index in [1.807, 2.05) is 18.2 Å². The first kappa shape index (κ1) is 14.4. The topological polar surface area (TPSA) is 21.5 Å². The Morgan fingerprint density at radius 1 is 1.04 bits per heavy atom. The summed E-state index contributed by atoms with van der Waals surface area (Å²) in [6.07, 6.45) is 4.93. The maximum Gasteiger partial charge on any atom is 0.169 e. The van der Waals surface area contributed by atoms with Crippen LogP contribution in [-0.2, 0) is 6.42 Å². The Morgan fingerprint density at radius 3 is 2.61 bits per heavy atom. The Bertz CT molecular complexity index is 764. The first-order valence-corrected chi connectivity index (χ1v) is 8.46. The van der Waals surface area contributed by atoms with E-state index in [1.165, 1.54) is 21.6 Å². The number of carbonyl (C=O) groups is 1. The van der Waals surface area contributed by atoms with Gasteiger partial charge in [-0.2, -0.15) is 0 Å². The molecule has 2 aromatic carbocycles. The number of nitrogens with one attached hydrogen (secondary N) is 1. The van der Waals surface area contributed by atoms with Gasteiger partial charge < -0.3 is 4.90 Å². The van der Waals surface area contributed by atoms with Crippen LogP contribution in [0, 0.1) is 0 Å². The average molecular weight is 304 g/mol. The first-order valence-electron chi connectivity index (χ1n) is 8.46. The van der Waals surface area contributed by atoms with Crippen LogP contribution >= 0.6 is 0 Å². The van der Waals surface area contributed by atoms with Gasteiger partial charge in [-0.15, -0.1) is 0 Å². The lowest BCUT2D eigenvalue weighted by molar-refractivity contribution is -0.955. The molecular weight excluding hydrogens is 282 g/mol. The SMILES string of the molecule is C=CC[NH+](C1CCc2ccccc21)C1CC(=O)c2ccccc21. The summed E-state index contributed by atoms with van der Waals surface area (Å²) in [5.74, 6) is 0.290. The molecule has 23 heavy (non-hydrogen) atoms. The van der Waals surface area contributed by atoms with Crippen molar-refractivity contribution in [3.8, 4) is 0 Å². The Labute approximate surface area is 137 Å². The molecule has 0 aromatic heterocycles. The summed E-state index contributed by atoms with van der Waals surface area (Å²) >= 11 is 0. The molecule has 2 aromatic rings. The van der Waals surface area contributed by atoms with Crippen LogP contribution in [0.4, 0.5) is 0 Å². The van der Waals surface area contributed by atoms with Crippen LogP contribution in [-0.4, -0.2) is 12.3 Å². The predicted octanol–water partition coefficient (Wildman–Crippen LogP) is 3.07. The van der Waals surface area contributed by atoms with Crippen molar-refractivity contribution in [2.24, 2.45) is 0 Å². The fourth-order valence-corrected chi connectivity index (χ4v) is 4.43. The molecule has 2 aliphatic carbocycles. The quantitative estimate of drug-likeness (QED) is 0.861. The van der Waals surface area contributed by atoms with Crippen molar-refractivity contribution in [2.45, 2.75) is 31.3 Å². The highest BCUT2D eigenvalue weighted by Gasteiger charge is 2.41. The minimum atomic E-state index is 0.257. The molecule has 0 bridgehead atoms. The highest BCUT2D eigenvalue weighted by molar-refractivity contribution is 6.00. The van der Waals surface area contributed by atoms with Gasteiger partial charge in [0, 0.05) is 23.1 Å². The van der Waals surface area contributed by atoms with Gasteiger partial charge in [-0.3, -0.25) is 4.79 Å². The molecular formula is C21H22NO+. The summed E-state index contributed by atoms with van der Waals surface area (Å²) in [5, 5.41) is 0. The van der Waals surface area contributed by atoms with E-state index in [0.29, 0.717) is 18.2 Å². The Hall–Kier alpha value is -2.19. The molecule has 0 saturated carbocycles. The summed E-state index contributed by atoms with van der Waals surface area (Å²) in [6.45, 7) is 4.86. The highest BCUT2D eigenvalue weighted by atomic mass is 16.1. The third kappa shape index (κ3) is 2.34. The number of benzene rings is 2. The molecule has 0 aliphatic heterocycles. The van der Waals surface area contributed by atoms with Gasteiger partial charge in [0.1, 0.15) is 12.1 Å². The highest BCUT2D eigenvalue weighted by Crippen LogP contribution is 2.34. The number of carbonyl (C=O) groups excluding carboxylic acids is 1. The summed E-state index contributed by atoms with van der Waals surface area (Å²) < 4.78 is 0. The number of ketones is 1. The second-order valence-electron chi connectivity index (χ2n) is 6.62. The molecule has 4 rings (SSSR count). The predicted molar refractivity (Wildman–Crippen MR) is 91.7 cm³/mol. The molecule has 0 radical (unpaired) electrons. The number of quaternary nitrogens is 1. The molecule has 0 fully saturated rings. The van der Waals surface area contributed by atoms with Crippen LogP contribution in [0.15, 0.2) is 61.2 Å². The molecule has 1 N–H and O–H groups in total. The number of Topliss-reactive ketones (excluding diaryl/α,β-unsaturated/α-hetero) is 1. The molecule has 2 heteroatoms. The largest absolute Gasteiger partial charge is 0.319 e. The van der Waals surface area contributed by atoms with Gasteiger partial charge in [0.2, 0.25) is 0 Å². The van der Waals surface area contributed by atoms with Crippen molar-refractivity contribution < 1.29 is 9.69 Å². The van der Waals surface area contributed by atoms with Gasteiger partial charge >= 0.3 is 0 Å². The van der Waals surface area contributed by atoms with Crippen molar-refractivity contribution >= 4 is 5.78 Å². The summed E-state index contributed by atoms with van der Waals surface area (Å²) in [5.41, 5.74) is 5.07. The Morgan fingerprint density at radius 2 is 1.78 bits per heavy atom. The minimum absolute atomic E-state index is 0.257. The zero-order valence-electron chi connectivity index (χ0n) is 13.3. The van der Waals surface area contributed by atoms with Gasteiger partial charge in [0.25, 0.3) is 0 Å². The van der Waals surface area contributed by atoms with E-state index in [1.54, 1.807) is 0 Å². The molecule has 0 saturated heterocycles. The molecule has 2 aliphatic rings. The number of hydrogen-bond acceptors (Lipinski definition) is 1. The van der Waals surface area contributed by atoms with Gasteiger partial charge in [-0.25, -0.2) is 0 Å². The zero-order chi connectivity index (χ0) is 15.8. The van der Waals surface area contributed by atoms with Crippen LogP contribution in [0.1, 0.15) is 52.0 Å². The minimum Gasteiger partial charge on any atom is -0.319 e. The van der Waals surface area contributed by atoms with E-state index in [0.717, 1.165) is 24.9 Å². The first-order chi connectivity index (χ1) is 11.3. The standard InChI is InChI=1S/C21H21NO/c1-2-13-22(19-12-11-15-7-3-4-8-16(15)19)20-14-21(23)18-10-6-5-9-17(18)20/h2-10,19-20H,1,11-14H2/p+1.